The number of hydrogen-bond acceptors (Lipinski definition) is 3. The third-order valence-corrected chi connectivity index (χ3v) is 2.73. The van der Waals surface area contributed by atoms with Gasteiger partial charge >= 0.3 is 0 Å². The summed E-state index contributed by atoms with van der Waals surface area (Å²) in [5.74, 6) is 1.43. The summed E-state index contributed by atoms with van der Waals surface area (Å²) in [4.78, 5) is 10.4. The highest BCUT2D eigenvalue weighted by molar-refractivity contribution is 5.47. The first-order valence-corrected chi connectivity index (χ1v) is 5.65. The predicted octanol–water partition coefficient (Wildman–Crippen LogP) is 1.77. The number of carbonyl (C=O) groups excluding carboxylic acids is 1. The van der Waals surface area contributed by atoms with E-state index in [9.17, 15) is 4.79 Å². The van der Waals surface area contributed by atoms with Crippen molar-refractivity contribution in [1.29, 1.82) is 0 Å². The molecule has 0 fully saturated rings. The summed E-state index contributed by atoms with van der Waals surface area (Å²) in [6.07, 6.45) is 2.43. The summed E-state index contributed by atoms with van der Waals surface area (Å²) in [6, 6.07) is 5.96. The van der Waals surface area contributed by atoms with Crippen molar-refractivity contribution in [2.75, 3.05) is 14.2 Å². The van der Waals surface area contributed by atoms with E-state index >= 15 is 0 Å². The van der Waals surface area contributed by atoms with Gasteiger partial charge in [0.1, 0.15) is 0 Å². The van der Waals surface area contributed by atoms with E-state index in [-0.39, 0.29) is 6.04 Å². The molecule has 0 spiro atoms. The van der Waals surface area contributed by atoms with Gasteiger partial charge in [0.05, 0.1) is 14.2 Å². The number of benzene rings is 1. The molecule has 0 aliphatic rings. The monoisotopic (exact) mass is 237 g/mol. The zero-order valence-electron chi connectivity index (χ0n) is 10.5. The van der Waals surface area contributed by atoms with Gasteiger partial charge in [-0.05, 0) is 30.5 Å². The molecule has 1 rings (SSSR count). The molecule has 1 aromatic carbocycles. The lowest BCUT2D eigenvalue weighted by atomic mass is 10.0. The van der Waals surface area contributed by atoms with Crippen LogP contribution in [0.5, 0.6) is 11.5 Å². The molecular weight excluding hydrogens is 218 g/mol. The van der Waals surface area contributed by atoms with Crippen LogP contribution in [-0.2, 0) is 11.2 Å². The van der Waals surface area contributed by atoms with Crippen molar-refractivity contribution in [2.24, 2.45) is 0 Å². The lowest BCUT2D eigenvalue weighted by Crippen LogP contribution is -2.29. The number of ether oxygens (including phenoxy) is 2. The van der Waals surface area contributed by atoms with E-state index in [1.165, 1.54) is 0 Å². The van der Waals surface area contributed by atoms with Crippen molar-refractivity contribution < 1.29 is 14.3 Å². The molecule has 1 atom stereocenters. The molecule has 0 saturated carbocycles. The number of methoxy groups -OCH3 is 2. The number of nitrogens with one attached hydrogen (secondary N) is 1. The van der Waals surface area contributed by atoms with E-state index < -0.39 is 0 Å². The summed E-state index contributed by atoms with van der Waals surface area (Å²) >= 11 is 0. The SMILES string of the molecule is CC[C@@H](Cc1ccc(OC)c(OC)c1)NC=O. The highest BCUT2D eigenvalue weighted by atomic mass is 16.5. The van der Waals surface area contributed by atoms with Crippen molar-refractivity contribution in [3.8, 4) is 11.5 Å². The number of rotatable bonds is 7. The van der Waals surface area contributed by atoms with Crippen LogP contribution < -0.4 is 14.8 Å². The van der Waals surface area contributed by atoms with E-state index in [0.29, 0.717) is 11.5 Å². The molecule has 1 aromatic rings. The average molecular weight is 237 g/mol. The Balaban J connectivity index is 2.80. The standard InChI is InChI=1S/C13H19NO3/c1-4-11(14-9-15)7-10-5-6-12(16-2)13(8-10)17-3/h5-6,8-9,11H,4,7H2,1-3H3,(H,14,15)/t11-/m0/s1. The van der Waals surface area contributed by atoms with E-state index in [1.807, 2.05) is 25.1 Å². The minimum Gasteiger partial charge on any atom is -0.493 e. The van der Waals surface area contributed by atoms with Crippen LogP contribution in [-0.4, -0.2) is 26.7 Å². The van der Waals surface area contributed by atoms with Gasteiger partial charge < -0.3 is 14.8 Å². The molecular formula is C13H19NO3. The summed E-state index contributed by atoms with van der Waals surface area (Å²) < 4.78 is 10.4. The maximum atomic E-state index is 10.4. The van der Waals surface area contributed by atoms with E-state index in [1.54, 1.807) is 14.2 Å². The highest BCUT2D eigenvalue weighted by Gasteiger charge is 2.09. The molecule has 0 aliphatic carbocycles. The number of carbonyl (C=O) groups is 1. The fourth-order valence-electron chi connectivity index (χ4n) is 1.71. The molecule has 0 radical (unpaired) electrons. The Labute approximate surface area is 102 Å². The summed E-state index contributed by atoms with van der Waals surface area (Å²) in [5.41, 5.74) is 1.11. The minimum atomic E-state index is 0.158. The van der Waals surface area contributed by atoms with Crippen LogP contribution in [0.4, 0.5) is 0 Å². The van der Waals surface area contributed by atoms with Crippen LogP contribution >= 0.6 is 0 Å². The maximum absolute atomic E-state index is 10.4. The van der Waals surface area contributed by atoms with Crippen molar-refractivity contribution in [2.45, 2.75) is 25.8 Å². The number of hydrogen-bond donors (Lipinski definition) is 1. The fourth-order valence-corrected chi connectivity index (χ4v) is 1.71. The van der Waals surface area contributed by atoms with Gasteiger partial charge in [-0.1, -0.05) is 13.0 Å². The van der Waals surface area contributed by atoms with Gasteiger partial charge in [0, 0.05) is 6.04 Å². The lowest BCUT2D eigenvalue weighted by Gasteiger charge is -2.15. The molecule has 0 bridgehead atoms. The third-order valence-electron chi connectivity index (χ3n) is 2.73. The second kappa shape index (κ2) is 6.78. The normalized spacial score (nSPS) is 11.7. The van der Waals surface area contributed by atoms with Gasteiger partial charge in [0.15, 0.2) is 11.5 Å². The Morgan fingerprint density at radius 2 is 2.00 bits per heavy atom. The minimum absolute atomic E-state index is 0.158. The lowest BCUT2D eigenvalue weighted by molar-refractivity contribution is -0.110. The topological polar surface area (TPSA) is 47.6 Å². The third kappa shape index (κ3) is 3.66. The highest BCUT2D eigenvalue weighted by Crippen LogP contribution is 2.28. The van der Waals surface area contributed by atoms with Crippen LogP contribution in [0.2, 0.25) is 0 Å². The Hall–Kier alpha value is -1.71. The average Bonchev–Trinajstić information content (AvgIpc) is 2.38. The van der Waals surface area contributed by atoms with Crippen LogP contribution in [0.25, 0.3) is 0 Å². The van der Waals surface area contributed by atoms with Gasteiger partial charge in [0.2, 0.25) is 6.41 Å². The molecule has 4 nitrogen and oxygen atoms in total. The van der Waals surface area contributed by atoms with Gasteiger partial charge in [-0.15, -0.1) is 0 Å². The zero-order chi connectivity index (χ0) is 12.7. The second-order valence-electron chi connectivity index (χ2n) is 3.78. The maximum Gasteiger partial charge on any atom is 0.207 e. The summed E-state index contributed by atoms with van der Waals surface area (Å²) in [7, 11) is 3.23. The Bertz CT molecular complexity index is 366. The Morgan fingerprint density at radius 3 is 2.53 bits per heavy atom. The summed E-state index contributed by atoms with van der Waals surface area (Å²) in [6.45, 7) is 2.04. The van der Waals surface area contributed by atoms with Gasteiger partial charge in [-0.25, -0.2) is 0 Å². The molecule has 17 heavy (non-hydrogen) atoms. The molecule has 0 heterocycles. The van der Waals surface area contributed by atoms with E-state index in [4.69, 9.17) is 9.47 Å². The van der Waals surface area contributed by atoms with E-state index in [2.05, 4.69) is 5.32 Å². The van der Waals surface area contributed by atoms with Gasteiger partial charge in [-0.3, -0.25) is 4.79 Å². The van der Waals surface area contributed by atoms with Crippen LogP contribution in [0, 0.1) is 0 Å². The molecule has 94 valence electrons. The van der Waals surface area contributed by atoms with Crippen molar-refractivity contribution in [3.63, 3.8) is 0 Å². The molecule has 1 amide bonds. The molecule has 0 aromatic heterocycles. The first-order valence-electron chi connectivity index (χ1n) is 5.65. The Kier molecular flexibility index (Phi) is 5.33. The van der Waals surface area contributed by atoms with E-state index in [0.717, 1.165) is 24.8 Å². The molecule has 4 heteroatoms. The number of amides is 1. The molecule has 0 saturated heterocycles. The second-order valence-corrected chi connectivity index (χ2v) is 3.78. The van der Waals surface area contributed by atoms with Crippen LogP contribution in [0.15, 0.2) is 18.2 Å². The van der Waals surface area contributed by atoms with Gasteiger partial charge in [-0.2, -0.15) is 0 Å². The Morgan fingerprint density at radius 1 is 1.29 bits per heavy atom. The van der Waals surface area contributed by atoms with Crippen molar-refractivity contribution in [1.82, 2.24) is 5.32 Å². The summed E-state index contributed by atoms with van der Waals surface area (Å²) in [5, 5.41) is 2.79. The largest absolute Gasteiger partial charge is 0.493 e. The van der Waals surface area contributed by atoms with Crippen molar-refractivity contribution >= 4 is 6.41 Å². The molecule has 1 N–H and O–H groups in total. The zero-order valence-corrected chi connectivity index (χ0v) is 10.5. The first kappa shape index (κ1) is 13.4. The molecule has 0 unspecified atom stereocenters. The van der Waals surface area contributed by atoms with Crippen LogP contribution in [0.1, 0.15) is 18.9 Å². The van der Waals surface area contributed by atoms with Crippen LogP contribution in [0.3, 0.4) is 0 Å². The smallest absolute Gasteiger partial charge is 0.207 e. The quantitative estimate of drug-likeness (QED) is 0.735. The fraction of sp³-hybridized carbons (Fsp3) is 0.462. The predicted molar refractivity (Wildman–Crippen MR) is 66.5 cm³/mol. The van der Waals surface area contributed by atoms with Crippen molar-refractivity contribution in [3.05, 3.63) is 23.8 Å². The molecule has 0 aliphatic heterocycles. The van der Waals surface area contributed by atoms with Gasteiger partial charge in [0.25, 0.3) is 0 Å². The first-order chi connectivity index (χ1) is 8.24.